The Morgan fingerprint density at radius 2 is 1.96 bits per heavy atom. The first kappa shape index (κ1) is 19.8. The van der Waals surface area contributed by atoms with E-state index in [9.17, 15) is 9.59 Å². The fraction of sp³-hybridized carbons (Fsp3) is 0.286. The molecule has 146 valence electrons. The minimum Gasteiger partial charge on any atom is -0.463 e. The molecule has 3 rings (SSSR count). The van der Waals surface area contributed by atoms with Crippen molar-refractivity contribution < 1.29 is 14.3 Å². The molecule has 0 saturated heterocycles. The van der Waals surface area contributed by atoms with Gasteiger partial charge in [-0.2, -0.15) is 5.10 Å². The maximum Gasteiger partial charge on any atom is 0.307 e. The van der Waals surface area contributed by atoms with Crippen LogP contribution in [0.1, 0.15) is 36.2 Å². The molecule has 3 aromatic rings. The third kappa shape index (κ3) is 5.29. The number of esters is 1. The lowest BCUT2D eigenvalue weighted by Crippen LogP contribution is -2.27. The summed E-state index contributed by atoms with van der Waals surface area (Å²) in [6.45, 7) is 4.39. The summed E-state index contributed by atoms with van der Waals surface area (Å²) in [6.07, 6.45) is 1.73. The van der Waals surface area contributed by atoms with Crippen molar-refractivity contribution in [1.29, 1.82) is 0 Å². The van der Waals surface area contributed by atoms with Gasteiger partial charge in [0.15, 0.2) is 0 Å². The van der Waals surface area contributed by atoms with Crippen LogP contribution < -0.4 is 5.32 Å². The Morgan fingerprint density at radius 1 is 1.18 bits per heavy atom. The molecule has 0 atom stereocenters. The van der Waals surface area contributed by atoms with Gasteiger partial charge in [0, 0.05) is 12.7 Å². The van der Waals surface area contributed by atoms with Gasteiger partial charge in [-0.3, -0.25) is 14.3 Å². The zero-order valence-corrected chi connectivity index (χ0v) is 16.7. The first-order chi connectivity index (χ1) is 13.5. The highest BCUT2D eigenvalue weighted by molar-refractivity contribution is 7.13. The van der Waals surface area contributed by atoms with Crippen LogP contribution in [0.15, 0.2) is 54.0 Å². The van der Waals surface area contributed by atoms with E-state index >= 15 is 0 Å². The summed E-state index contributed by atoms with van der Waals surface area (Å²) in [5, 5.41) is 9.37. The molecule has 2 heterocycles. The molecular weight excluding hydrogens is 374 g/mol. The quantitative estimate of drug-likeness (QED) is 0.588. The Kier molecular flexibility index (Phi) is 6.60. The normalized spacial score (nSPS) is 10.8. The smallest absolute Gasteiger partial charge is 0.307 e. The summed E-state index contributed by atoms with van der Waals surface area (Å²) in [6, 6.07) is 13.8. The van der Waals surface area contributed by atoms with Crippen LogP contribution in [-0.4, -0.2) is 34.3 Å². The Balaban J connectivity index is 1.73. The highest BCUT2D eigenvalue weighted by Crippen LogP contribution is 2.27. The van der Waals surface area contributed by atoms with Gasteiger partial charge in [0.25, 0.3) is 5.91 Å². The molecule has 7 heteroatoms. The second kappa shape index (κ2) is 9.32. The average molecular weight is 398 g/mol. The monoisotopic (exact) mass is 397 g/mol. The second-order valence-electron chi connectivity index (χ2n) is 6.60. The molecule has 0 fully saturated rings. The molecule has 1 N–H and O–H groups in total. The lowest BCUT2D eigenvalue weighted by molar-refractivity contribution is -0.147. The van der Waals surface area contributed by atoms with Gasteiger partial charge in [0.1, 0.15) is 5.69 Å². The summed E-state index contributed by atoms with van der Waals surface area (Å²) in [7, 11) is 0. The molecule has 0 unspecified atom stereocenters. The van der Waals surface area contributed by atoms with Crippen molar-refractivity contribution in [2.24, 2.45) is 0 Å². The van der Waals surface area contributed by atoms with Crippen LogP contribution in [0.2, 0.25) is 0 Å². The van der Waals surface area contributed by atoms with Crippen LogP contribution in [-0.2, 0) is 16.1 Å². The fourth-order valence-electron chi connectivity index (χ4n) is 2.73. The summed E-state index contributed by atoms with van der Waals surface area (Å²) in [5.41, 5.74) is 2.25. The number of aromatic nitrogens is 2. The molecule has 0 spiro atoms. The van der Waals surface area contributed by atoms with Gasteiger partial charge < -0.3 is 10.1 Å². The number of carbonyl (C=O) groups is 2. The summed E-state index contributed by atoms with van der Waals surface area (Å²) >= 11 is 1.53. The Labute approximate surface area is 168 Å². The molecule has 1 amide bonds. The first-order valence-electron chi connectivity index (χ1n) is 9.16. The van der Waals surface area contributed by atoms with E-state index < -0.39 is 0 Å². The largest absolute Gasteiger partial charge is 0.463 e. The minimum absolute atomic E-state index is 0.135. The Hall–Kier alpha value is -2.93. The van der Waals surface area contributed by atoms with Gasteiger partial charge in [-0.1, -0.05) is 36.4 Å². The van der Waals surface area contributed by atoms with Crippen LogP contribution in [0.5, 0.6) is 0 Å². The van der Waals surface area contributed by atoms with Crippen LogP contribution >= 0.6 is 11.3 Å². The Morgan fingerprint density at radius 3 is 2.64 bits per heavy atom. The number of nitrogens with one attached hydrogen (secondary N) is 1. The van der Waals surface area contributed by atoms with Crippen molar-refractivity contribution in [1.82, 2.24) is 15.1 Å². The number of benzene rings is 1. The summed E-state index contributed by atoms with van der Waals surface area (Å²) < 4.78 is 6.86. The van der Waals surface area contributed by atoms with Gasteiger partial charge in [-0.25, -0.2) is 0 Å². The third-order valence-corrected chi connectivity index (χ3v) is 4.81. The predicted molar refractivity (Wildman–Crippen MR) is 109 cm³/mol. The second-order valence-corrected chi connectivity index (χ2v) is 7.54. The number of rotatable bonds is 8. The molecule has 0 aliphatic heterocycles. The lowest BCUT2D eigenvalue weighted by atomic mass is 10.2. The molecule has 0 saturated carbocycles. The van der Waals surface area contributed by atoms with E-state index in [1.165, 1.54) is 11.3 Å². The molecule has 0 aliphatic carbocycles. The SMILES string of the molecule is CC(C)OC(=O)CCNC(=O)c1cn(Cc2ccccc2)nc1-c1cccs1. The third-order valence-electron chi connectivity index (χ3n) is 3.93. The van der Waals surface area contributed by atoms with E-state index in [0.717, 1.165) is 10.4 Å². The van der Waals surface area contributed by atoms with Crippen LogP contribution in [0.3, 0.4) is 0 Å². The topological polar surface area (TPSA) is 73.2 Å². The van der Waals surface area contributed by atoms with E-state index in [2.05, 4.69) is 10.4 Å². The average Bonchev–Trinajstić information content (AvgIpc) is 3.31. The highest BCUT2D eigenvalue weighted by Gasteiger charge is 2.19. The molecule has 0 radical (unpaired) electrons. The van der Waals surface area contributed by atoms with Gasteiger partial charge >= 0.3 is 5.97 Å². The number of amides is 1. The number of carbonyl (C=O) groups excluding carboxylic acids is 2. The molecule has 0 aliphatic rings. The molecule has 0 bridgehead atoms. The summed E-state index contributed by atoms with van der Waals surface area (Å²) in [5.74, 6) is -0.575. The fourth-order valence-corrected chi connectivity index (χ4v) is 3.45. The number of thiophene rings is 1. The van der Waals surface area contributed by atoms with Crippen molar-refractivity contribution in [2.45, 2.75) is 32.9 Å². The van der Waals surface area contributed by atoms with Gasteiger partial charge in [0.2, 0.25) is 0 Å². The van der Waals surface area contributed by atoms with Gasteiger partial charge in [-0.15, -0.1) is 11.3 Å². The Bertz CT molecular complexity index is 918. The standard InChI is InChI=1S/C21H23N3O3S/c1-15(2)27-19(25)10-11-22-21(26)17-14-24(13-16-7-4-3-5-8-16)23-20(17)18-9-6-12-28-18/h3-9,12,14-15H,10-11,13H2,1-2H3,(H,22,26). The number of hydrogen-bond acceptors (Lipinski definition) is 5. The van der Waals surface area contributed by atoms with E-state index in [1.54, 1.807) is 24.7 Å². The maximum atomic E-state index is 12.7. The van der Waals surface area contributed by atoms with Crippen LogP contribution in [0, 0.1) is 0 Å². The van der Waals surface area contributed by atoms with Crippen LogP contribution in [0.25, 0.3) is 10.6 Å². The van der Waals surface area contributed by atoms with Crippen molar-refractivity contribution in [3.63, 3.8) is 0 Å². The van der Waals surface area contributed by atoms with Gasteiger partial charge in [0.05, 0.1) is 29.5 Å². The van der Waals surface area contributed by atoms with Crippen molar-refractivity contribution in [3.8, 4) is 10.6 Å². The zero-order chi connectivity index (χ0) is 19.9. The van der Waals surface area contributed by atoms with Gasteiger partial charge in [-0.05, 0) is 30.9 Å². The molecule has 2 aromatic heterocycles. The predicted octanol–water partition coefficient (Wildman–Crippen LogP) is 3.73. The van der Waals surface area contributed by atoms with Crippen molar-refractivity contribution in [2.75, 3.05) is 6.54 Å². The van der Waals surface area contributed by atoms with E-state index in [1.807, 2.05) is 47.8 Å². The number of hydrogen-bond donors (Lipinski definition) is 1. The molecule has 6 nitrogen and oxygen atoms in total. The highest BCUT2D eigenvalue weighted by atomic mass is 32.1. The summed E-state index contributed by atoms with van der Waals surface area (Å²) in [4.78, 5) is 25.3. The zero-order valence-electron chi connectivity index (χ0n) is 15.9. The number of ether oxygens (including phenoxy) is 1. The first-order valence-corrected chi connectivity index (χ1v) is 10.0. The van der Waals surface area contributed by atoms with E-state index in [-0.39, 0.29) is 30.9 Å². The maximum absolute atomic E-state index is 12.7. The van der Waals surface area contributed by atoms with Crippen molar-refractivity contribution in [3.05, 3.63) is 65.2 Å². The lowest BCUT2D eigenvalue weighted by Gasteiger charge is -2.08. The number of nitrogens with zero attached hydrogens (tertiary/aromatic N) is 2. The molecule has 28 heavy (non-hydrogen) atoms. The van der Waals surface area contributed by atoms with E-state index in [4.69, 9.17) is 4.74 Å². The van der Waals surface area contributed by atoms with E-state index in [0.29, 0.717) is 17.8 Å². The van der Waals surface area contributed by atoms with Crippen molar-refractivity contribution >= 4 is 23.2 Å². The molecular formula is C21H23N3O3S. The minimum atomic E-state index is -0.325. The molecule has 1 aromatic carbocycles. The van der Waals surface area contributed by atoms with Crippen LogP contribution in [0.4, 0.5) is 0 Å².